The van der Waals surface area contributed by atoms with E-state index in [4.69, 9.17) is 20.4 Å². The van der Waals surface area contributed by atoms with Crippen molar-refractivity contribution in [1.82, 2.24) is 0 Å². The summed E-state index contributed by atoms with van der Waals surface area (Å²) < 4.78 is 0. The lowest BCUT2D eigenvalue weighted by Gasteiger charge is -2.23. The number of hydrogen-bond acceptors (Lipinski definition) is 4. The van der Waals surface area contributed by atoms with Gasteiger partial charge in [0, 0.05) is 0 Å². The van der Waals surface area contributed by atoms with Gasteiger partial charge in [0.15, 0.2) is 0 Å². The Morgan fingerprint density at radius 3 is 1.26 bits per heavy atom. The summed E-state index contributed by atoms with van der Waals surface area (Å²) >= 11 is 0. The zero-order valence-electron chi connectivity index (χ0n) is 11.0. The predicted octanol–water partition coefficient (Wildman–Crippen LogP) is 0.915. The highest BCUT2D eigenvalue weighted by Gasteiger charge is 2.26. The van der Waals surface area contributed by atoms with Crippen molar-refractivity contribution < 1.29 is 20.4 Å². The van der Waals surface area contributed by atoms with Crippen LogP contribution in [0.15, 0.2) is 37.4 Å². The molecule has 0 aliphatic carbocycles. The molecule has 1 aromatic carbocycles. The van der Waals surface area contributed by atoms with Crippen LogP contribution in [0.3, 0.4) is 0 Å². The van der Waals surface area contributed by atoms with E-state index >= 15 is 0 Å². The molecule has 1 aromatic rings. The third-order valence-corrected chi connectivity index (χ3v) is 2.78. The average Bonchev–Trinajstić information content (AvgIpc) is 2.50. The summed E-state index contributed by atoms with van der Waals surface area (Å²) in [5.41, 5.74) is 1.16. The van der Waals surface area contributed by atoms with Crippen molar-refractivity contribution in [2.75, 3.05) is 26.4 Å². The van der Waals surface area contributed by atoms with E-state index in [0.29, 0.717) is 0 Å². The molecule has 0 saturated carbocycles. The Labute approximate surface area is 114 Å². The first-order valence-electron chi connectivity index (χ1n) is 5.90. The molecule has 4 nitrogen and oxygen atoms in total. The maximum absolute atomic E-state index is 8.50. The molecule has 0 aliphatic heterocycles. The number of benzene rings is 1. The Kier molecular flexibility index (Phi) is 8.74. The molecular weight excluding hydrogens is 244 g/mol. The first-order chi connectivity index (χ1) is 9.12. The summed E-state index contributed by atoms with van der Waals surface area (Å²) in [5.74, 6) is 0. The van der Waals surface area contributed by atoms with Crippen LogP contribution in [0.25, 0.3) is 12.2 Å². The molecule has 4 N–H and O–H groups in total. The second-order valence-corrected chi connectivity index (χ2v) is 4.17. The van der Waals surface area contributed by atoms with Crippen molar-refractivity contribution >= 4 is 12.2 Å². The summed E-state index contributed by atoms with van der Waals surface area (Å²) in [6.07, 6.45) is 3.66. The average molecular weight is 266 g/mol. The minimum absolute atomic E-state index is 0.406. The minimum atomic E-state index is -1.11. The minimum Gasteiger partial charge on any atom is -0.396 e. The van der Waals surface area contributed by atoms with Gasteiger partial charge in [-0.05, 0) is 11.1 Å². The summed E-state index contributed by atoms with van der Waals surface area (Å²) in [7, 11) is 0. The molecule has 0 heterocycles. The molecule has 1 rings (SSSR count). The van der Waals surface area contributed by atoms with E-state index in [1.54, 1.807) is 0 Å². The topological polar surface area (TPSA) is 80.9 Å². The number of aliphatic hydroxyl groups excluding tert-OH is 4. The Balaban J connectivity index is 0.000000344. The van der Waals surface area contributed by atoms with Gasteiger partial charge in [-0.1, -0.05) is 49.6 Å². The van der Waals surface area contributed by atoms with Gasteiger partial charge in [-0.15, -0.1) is 0 Å². The SMILES string of the molecule is C=Cc1ccccc1C=C.OCC(CO)(CO)CO. The molecule has 0 atom stereocenters. The molecular formula is C15H22O4. The molecule has 0 radical (unpaired) electrons. The maximum Gasteiger partial charge on any atom is 0.0627 e. The molecule has 0 aliphatic rings. The van der Waals surface area contributed by atoms with Gasteiger partial charge in [0.1, 0.15) is 0 Å². The van der Waals surface area contributed by atoms with E-state index < -0.39 is 31.8 Å². The van der Waals surface area contributed by atoms with Crippen molar-refractivity contribution in [2.24, 2.45) is 5.41 Å². The van der Waals surface area contributed by atoms with Gasteiger partial charge in [0.25, 0.3) is 0 Å². The van der Waals surface area contributed by atoms with Gasteiger partial charge in [-0.25, -0.2) is 0 Å². The van der Waals surface area contributed by atoms with Crippen molar-refractivity contribution in [3.63, 3.8) is 0 Å². The van der Waals surface area contributed by atoms with Gasteiger partial charge in [-0.3, -0.25) is 0 Å². The Hall–Kier alpha value is -1.46. The van der Waals surface area contributed by atoms with Crippen LogP contribution in [0.5, 0.6) is 0 Å². The fraction of sp³-hybridized carbons (Fsp3) is 0.333. The third kappa shape index (κ3) is 5.36. The zero-order valence-corrected chi connectivity index (χ0v) is 11.0. The summed E-state index contributed by atoms with van der Waals surface area (Å²) in [5, 5.41) is 34.0. The van der Waals surface area contributed by atoms with E-state index in [0.717, 1.165) is 11.1 Å². The van der Waals surface area contributed by atoms with Crippen LogP contribution in [0.2, 0.25) is 0 Å². The van der Waals surface area contributed by atoms with Crippen molar-refractivity contribution in [2.45, 2.75) is 0 Å². The molecule has 4 heteroatoms. The van der Waals surface area contributed by atoms with E-state index in [-0.39, 0.29) is 0 Å². The molecule has 106 valence electrons. The lowest BCUT2D eigenvalue weighted by Crippen LogP contribution is -2.37. The molecule has 0 unspecified atom stereocenters. The van der Waals surface area contributed by atoms with E-state index in [1.807, 2.05) is 36.4 Å². The first kappa shape index (κ1) is 17.5. The van der Waals surface area contributed by atoms with E-state index in [1.165, 1.54) is 0 Å². The molecule has 19 heavy (non-hydrogen) atoms. The predicted molar refractivity (Wildman–Crippen MR) is 77.4 cm³/mol. The standard InChI is InChI=1S/C10H10.C5H12O4/c1-3-9-7-5-6-8-10(9)4-2;6-1-5(2-7,3-8)4-9/h3-8H,1-2H2;6-9H,1-4H2. The Morgan fingerprint density at radius 2 is 1.11 bits per heavy atom. The Morgan fingerprint density at radius 1 is 0.789 bits per heavy atom. The van der Waals surface area contributed by atoms with Crippen LogP contribution < -0.4 is 0 Å². The van der Waals surface area contributed by atoms with Gasteiger partial charge in [0.05, 0.1) is 31.8 Å². The van der Waals surface area contributed by atoms with Crippen LogP contribution in [0, 0.1) is 5.41 Å². The second kappa shape index (κ2) is 9.47. The number of rotatable bonds is 6. The maximum atomic E-state index is 8.50. The Bertz CT molecular complexity index is 339. The van der Waals surface area contributed by atoms with E-state index in [9.17, 15) is 0 Å². The summed E-state index contributed by atoms with van der Waals surface area (Å²) in [4.78, 5) is 0. The smallest absolute Gasteiger partial charge is 0.0627 e. The van der Waals surface area contributed by atoms with Crippen LogP contribution >= 0.6 is 0 Å². The normalized spacial score (nSPS) is 10.3. The van der Waals surface area contributed by atoms with Gasteiger partial charge in [-0.2, -0.15) is 0 Å². The van der Waals surface area contributed by atoms with Crippen molar-refractivity contribution in [1.29, 1.82) is 0 Å². The number of aliphatic hydroxyl groups is 4. The fourth-order valence-corrected chi connectivity index (χ4v) is 1.18. The van der Waals surface area contributed by atoms with Crippen molar-refractivity contribution in [3.8, 4) is 0 Å². The largest absolute Gasteiger partial charge is 0.396 e. The fourth-order valence-electron chi connectivity index (χ4n) is 1.18. The summed E-state index contributed by atoms with van der Waals surface area (Å²) in [6.45, 7) is 5.76. The lowest BCUT2D eigenvalue weighted by molar-refractivity contribution is -0.0328. The number of hydrogen-bond donors (Lipinski definition) is 4. The molecule has 0 fully saturated rings. The van der Waals surface area contributed by atoms with Crippen LogP contribution in [-0.4, -0.2) is 46.9 Å². The summed E-state index contributed by atoms with van der Waals surface area (Å²) in [6, 6.07) is 8.02. The molecule has 0 bridgehead atoms. The van der Waals surface area contributed by atoms with Gasteiger partial charge < -0.3 is 20.4 Å². The molecule has 0 spiro atoms. The lowest BCUT2D eigenvalue weighted by atomic mass is 9.93. The molecule has 0 amide bonds. The monoisotopic (exact) mass is 266 g/mol. The van der Waals surface area contributed by atoms with Crippen LogP contribution in [0.4, 0.5) is 0 Å². The zero-order chi connectivity index (χ0) is 14.7. The van der Waals surface area contributed by atoms with Crippen LogP contribution in [0.1, 0.15) is 11.1 Å². The molecule has 0 aromatic heterocycles. The van der Waals surface area contributed by atoms with Gasteiger partial charge >= 0.3 is 0 Å². The quantitative estimate of drug-likeness (QED) is 0.617. The first-order valence-corrected chi connectivity index (χ1v) is 5.90. The van der Waals surface area contributed by atoms with Gasteiger partial charge in [0.2, 0.25) is 0 Å². The highest BCUT2D eigenvalue weighted by molar-refractivity contribution is 5.63. The highest BCUT2D eigenvalue weighted by Crippen LogP contribution is 2.12. The second-order valence-electron chi connectivity index (χ2n) is 4.17. The van der Waals surface area contributed by atoms with Crippen LogP contribution in [-0.2, 0) is 0 Å². The van der Waals surface area contributed by atoms with E-state index in [2.05, 4.69) is 13.2 Å². The highest BCUT2D eigenvalue weighted by atomic mass is 16.3. The molecule has 0 saturated heterocycles. The third-order valence-electron chi connectivity index (χ3n) is 2.78. The van der Waals surface area contributed by atoms with Crippen molar-refractivity contribution in [3.05, 3.63) is 48.6 Å².